The summed E-state index contributed by atoms with van der Waals surface area (Å²) in [6, 6.07) is 6.09. The SMILES string of the molecule is O=S1CCCN1c1cc(C2CC2)cn2cc(CNc3ccnc(Br)c3)nc12. The summed E-state index contributed by atoms with van der Waals surface area (Å²) in [7, 11) is -0.943. The summed E-state index contributed by atoms with van der Waals surface area (Å²) in [5, 5.41) is 3.39. The molecule has 1 aliphatic heterocycles. The zero-order valence-corrected chi connectivity index (χ0v) is 17.2. The Morgan fingerprint density at radius 3 is 2.93 bits per heavy atom. The number of anilines is 2. The van der Waals surface area contributed by atoms with E-state index in [-0.39, 0.29) is 0 Å². The van der Waals surface area contributed by atoms with E-state index in [0.29, 0.717) is 12.5 Å². The fourth-order valence-corrected chi connectivity index (χ4v) is 5.19. The Bertz CT molecular complexity index is 1030. The predicted molar refractivity (Wildman–Crippen MR) is 111 cm³/mol. The highest BCUT2D eigenvalue weighted by molar-refractivity contribution is 9.10. The minimum absolute atomic E-state index is 0.624. The van der Waals surface area contributed by atoms with E-state index in [1.54, 1.807) is 6.20 Å². The van der Waals surface area contributed by atoms with Crippen molar-refractivity contribution in [2.75, 3.05) is 21.9 Å². The molecule has 1 atom stereocenters. The maximum absolute atomic E-state index is 12.4. The van der Waals surface area contributed by atoms with Crippen LogP contribution in [0.25, 0.3) is 5.65 Å². The molecular weight excluding hydrogens is 426 g/mol. The zero-order chi connectivity index (χ0) is 18.4. The van der Waals surface area contributed by atoms with Crippen LogP contribution in [0.2, 0.25) is 0 Å². The first kappa shape index (κ1) is 17.2. The smallest absolute Gasteiger partial charge is 0.161 e. The van der Waals surface area contributed by atoms with E-state index >= 15 is 0 Å². The van der Waals surface area contributed by atoms with E-state index in [4.69, 9.17) is 4.98 Å². The molecule has 2 aliphatic rings. The van der Waals surface area contributed by atoms with Gasteiger partial charge in [-0.2, -0.15) is 0 Å². The van der Waals surface area contributed by atoms with Crippen LogP contribution in [-0.2, 0) is 17.5 Å². The van der Waals surface area contributed by atoms with E-state index in [1.807, 2.05) is 16.4 Å². The normalized spacial score (nSPS) is 19.7. The van der Waals surface area contributed by atoms with Crippen LogP contribution in [0, 0.1) is 0 Å². The summed E-state index contributed by atoms with van der Waals surface area (Å²) in [6.07, 6.45) is 9.49. The molecule has 6 nitrogen and oxygen atoms in total. The van der Waals surface area contributed by atoms with Crippen molar-refractivity contribution >= 4 is 43.9 Å². The Morgan fingerprint density at radius 2 is 2.19 bits per heavy atom. The first-order chi connectivity index (χ1) is 13.2. The van der Waals surface area contributed by atoms with Crippen LogP contribution in [0.5, 0.6) is 0 Å². The largest absolute Gasteiger partial charge is 0.379 e. The van der Waals surface area contributed by atoms with Crippen molar-refractivity contribution in [2.45, 2.75) is 31.7 Å². The number of pyridine rings is 2. The Morgan fingerprint density at radius 1 is 1.30 bits per heavy atom. The molecule has 3 aromatic heterocycles. The summed E-state index contributed by atoms with van der Waals surface area (Å²) < 4.78 is 17.4. The fourth-order valence-electron chi connectivity index (χ4n) is 3.54. The number of fused-ring (bicyclic) bond motifs is 1. The molecule has 0 amide bonds. The molecule has 1 aliphatic carbocycles. The number of rotatable bonds is 5. The summed E-state index contributed by atoms with van der Waals surface area (Å²) in [4.78, 5) is 8.99. The number of imidazole rings is 1. The number of nitrogens with zero attached hydrogens (tertiary/aromatic N) is 4. The fraction of sp³-hybridized carbons (Fsp3) is 0.368. The molecule has 1 saturated carbocycles. The van der Waals surface area contributed by atoms with Gasteiger partial charge >= 0.3 is 0 Å². The van der Waals surface area contributed by atoms with Gasteiger partial charge in [-0.3, -0.25) is 4.31 Å². The van der Waals surface area contributed by atoms with Crippen LogP contribution in [0.4, 0.5) is 11.4 Å². The molecule has 5 rings (SSSR count). The third-order valence-electron chi connectivity index (χ3n) is 5.05. The number of aromatic nitrogens is 3. The van der Waals surface area contributed by atoms with Crippen molar-refractivity contribution in [1.29, 1.82) is 0 Å². The Balaban J connectivity index is 1.49. The summed E-state index contributed by atoms with van der Waals surface area (Å²) in [6.45, 7) is 1.46. The molecule has 8 heteroatoms. The summed E-state index contributed by atoms with van der Waals surface area (Å²) in [5.41, 5.74) is 5.18. The van der Waals surface area contributed by atoms with Crippen molar-refractivity contribution in [3.63, 3.8) is 0 Å². The molecule has 140 valence electrons. The van der Waals surface area contributed by atoms with Crippen molar-refractivity contribution < 1.29 is 4.21 Å². The molecule has 1 unspecified atom stereocenters. The topological polar surface area (TPSA) is 62.5 Å². The average molecular weight is 446 g/mol. The second kappa shape index (κ2) is 6.91. The Labute approximate surface area is 168 Å². The van der Waals surface area contributed by atoms with Crippen LogP contribution in [-0.4, -0.2) is 30.9 Å². The highest BCUT2D eigenvalue weighted by Crippen LogP contribution is 2.42. The minimum Gasteiger partial charge on any atom is -0.379 e. The molecule has 3 aromatic rings. The minimum atomic E-state index is -0.943. The lowest BCUT2D eigenvalue weighted by molar-refractivity contribution is 0.685. The van der Waals surface area contributed by atoms with Crippen molar-refractivity contribution in [1.82, 2.24) is 14.4 Å². The van der Waals surface area contributed by atoms with Gasteiger partial charge in [0.15, 0.2) is 5.65 Å². The van der Waals surface area contributed by atoms with Gasteiger partial charge in [-0.25, -0.2) is 14.2 Å². The van der Waals surface area contributed by atoms with Crippen LogP contribution >= 0.6 is 15.9 Å². The zero-order valence-electron chi connectivity index (χ0n) is 14.8. The third-order valence-corrected chi connectivity index (χ3v) is 6.99. The molecular formula is C19H20BrN5OS. The van der Waals surface area contributed by atoms with Crippen molar-refractivity contribution in [2.24, 2.45) is 0 Å². The first-order valence-electron chi connectivity index (χ1n) is 9.20. The van der Waals surface area contributed by atoms with E-state index in [0.717, 1.165) is 46.0 Å². The van der Waals surface area contributed by atoms with E-state index in [2.05, 4.69) is 49.1 Å². The molecule has 0 aromatic carbocycles. The molecule has 0 bridgehead atoms. The molecule has 1 N–H and O–H groups in total. The van der Waals surface area contributed by atoms with Crippen LogP contribution in [0.3, 0.4) is 0 Å². The quantitative estimate of drug-likeness (QED) is 0.605. The van der Waals surface area contributed by atoms with Gasteiger partial charge in [0.25, 0.3) is 0 Å². The molecule has 1 saturated heterocycles. The lowest BCUT2D eigenvalue weighted by atomic mass is 10.2. The van der Waals surface area contributed by atoms with Crippen LogP contribution in [0.15, 0.2) is 41.4 Å². The molecule has 0 spiro atoms. The second-order valence-electron chi connectivity index (χ2n) is 7.10. The molecule has 2 fully saturated rings. The highest BCUT2D eigenvalue weighted by Gasteiger charge is 2.28. The molecule has 0 radical (unpaired) electrons. The number of nitrogens with one attached hydrogen (secondary N) is 1. The number of halogens is 1. The summed E-state index contributed by atoms with van der Waals surface area (Å²) in [5.74, 6) is 1.38. The van der Waals surface area contributed by atoms with E-state index < -0.39 is 11.0 Å². The third kappa shape index (κ3) is 3.48. The van der Waals surface area contributed by atoms with Crippen LogP contribution in [0.1, 0.15) is 36.4 Å². The van der Waals surface area contributed by atoms with Gasteiger partial charge in [0, 0.05) is 36.6 Å². The second-order valence-corrected chi connectivity index (χ2v) is 9.40. The Hall–Kier alpha value is -1.93. The van der Waals surface area contributed by atoms with Gasteiger partial charge in [-0.1, -0.05) is 0 Å². The summed E-state index contributed by atoms with van der Waals surface area (Å²) >= 11 is 3.39. The molecule has 4 heterocycles. The lowest BCUT2D eigenvalue weighted by Gasteiger charge is -2.18. The molecule has 27 heavy (non-hydrogen) atoms. The van der Waals surface area contributed by atoms with Gasteiger partial charge in [-0.15, -0.1) is 0 Å². The maximum Gasteiger partial charge on any atom is 0.161 e. The predicted octanol–water partition coefficient (Wildman–Crippen LogP) is 3.86. The van der Waals surface area contributed by atoms with Gasteiger partial charge < -0.3 is 9.72 Å². The van der Waals surface area contributed by atoms with Gasteiger partial charge in [-0.05, 0) is 64.9 Å². The van der Waals surface area contributed by atoms with E-state index in [1.165, 1.54) is 18.4 Å². The highest BCUT2D eigenvalue weighted by atomic mass is 79.9. The van der Waals surface area contributed by atoms with E-state index in [9.17, 15) is 4.21 Å². The lowest BCUT2D eigenvalue weighted by Crippen LogP contribution is -2.20. The average Bonchev–Trinajstić information content (AvgIpc) is 3.29. The monoisotopic (exact) mass is 445 g/mol. The first-order valence-corrected chi connectivity index (χ1v) is 11.3. The van der Waals surface area contributed by atoms with Gasteiger partial charge in [0.05, 0.1) is 17.9 Å². The number of hydrogen-bond donors (Lipinski definition) is 1. The van der Waals surface area contributed by atoms with Crippen LogP contribution < -0.4 is 9.62 Å². The number of hydrogen-bond acceptors (Lipinski definition) is 4. The van der Waals surface area contributed by atoms with Crippen molar-refractivity contribution in [3.05, 3.63) is 52.7 Å². The maximum atomic E-state index is 12.4. The van der Waals surface area contributed by atoms with Gasteiger partial charge in [0.1, 0.15) is 15.6 Å². The van der Waals surface area contributed by atoms with Gasteiger partial charge in [0.2, 0.25) is 0 Å². The van der Waals surface area contributed by atoms with Crippen molar-refractivity contribution in [3.8, 4) is 0 Å². The standard InChI is InChI=1S/C19H20BrN5OS/c20-18-9-15(4-5-21-18)22-10-16-12-24-11-14(13-2-3-13)8-17(19(24)23-16)25-6-1-7-27(25)26/h4-5,8-9,11-13H,1-3,6-7,10H2,(H,21,22). The Kier molecular flexibility index (Phi) is 4.40.